The van der Waals surface area contributed by atoms with Crippen molar-refractivity contribution in [2.75, 3.05) is 26.1 Å². The van der Waals surface area contributed by atoms with E-state index in [9.17, 15) is 9.59 Å². The fraction of sp³-hybridized carbons (Fsp3) is 0.333. The Morgan fingerprint density at radius 3 is 2.50 bits per heavy atom. The van der Waals surface area contributed by atoms with Crippen LogP contribution < -0.4 is 10.2 Å². The van der Waals surface area contributed by atoms with Gasteiger partial charge < -0.3 is 15.0 Å². The third-order valence-corrected chi connectivity index (χ3v) is 6.96. The zero-order chi connectivity index (χ0) is 21.4. The summed E-state index contributed by atoms with van der Waals surface area (Å²) in [4.78, 5) is 29.3. The lowest BCUT2D eigenvalue weighted by Crippen LogP contribution is -2.35. The lowest BCUT2D eigenvalue weighted by atomic mass is 9.72. The maximum absolute atomic E-state index is 13.4. The maximum Gasteiger partial charge on any atom is 0.336 e. The second-order valence-corrected chi connectivity index (χ2v) is 8.99. The highest BCUT2D eigenvalue weighted by molar-refractivity contribution is 7.10. The largest absolute Gasteiger partial charge is 0.466 e. The van der Waals surface area contributed by atoms with Crippen LogP contribution in [0, 0.1) is 0 Å². The van der Waals surface area contributed by atoms with Crippen molar-refractivity contribution in [2.45, 2.75) is 31.6 Å². The summed E-state index contributed by atoms with van der Waals surface area (Å²) in [5.41, 5.74) is 4.88. The number of carbonyl (C=O) groups excluding carboxylic acids is 2. The molecule has 0 fully saturated rings. The summed E-state index contributed by atoms with van der Waals surface area (Å²) in [5, 5.41) is 5.42. The molecule has 6 heteroatoms. The molecule has 0 saturated carbocycles. The van der Waals surface area contributed by atoms with Crippen molar-refractivity contribution in [3.63, 3.8) is 0 Å². The number of anilines is 1. The lowest BCUT2D eigenvalue weighted by molar-refractivity contribution is -0.136. The van der Waals surface area contributed by atoms with Gasteiger partial charge in [0.15, 0.2) is 5.78 Å². The highest BCUT2D eigenvalue weighted by atomic mass is 32.1. The van der Waals surface area contributed by atoms with Crippen LogP contribution in [0.5, 0.6) is 0 Å². The molecule has 1 N–H and O–H groups in total. The minimum Gasteiger partial charge on any atom is -0.466 e. The predicted octanol–water partition coefficient (Wildman–Crippen LogP) is 4.35. The Kier molecular flexibility index (Phi) is 5.52. The number of ether oxygens (including phenoxy) is 1. The number of esters is 1. The van der Waals surface area contributed by atoms with Crippen LogP contribution >= 0.6 is 11.3 Å². The SMILES string of the molecule is COC(=O)C1=C(C)NC2=C(C(=O)CC(c3cccs3)C2)C1c1ccc(N(C)C)cc1. The molecular weight excluding hydrogens is 396 g/mol. The van der Waals surface area contributed by atoms with Gasteiger partial charge in [0.25, 0.3) is 0 Å². The Morgan fingerprint density at radius 1 is 1.17 bits per heavy atom. The van der Waals surface area contributed by atoms with Gasteiger partial charge in [-0.2, -0.15) is 0 Å². The first-order valence-electron chi connectivity index (χ1n) is 10.0. The normalized spacial score (nSPS) is 21.3. The molecule has 0 amide bonds. The first-order valence-corrected chi connectivity index (χ1v) is 10.9. The van der Waals surface area contributed by atoms with Crippen LogP contribution in [0.3, 0.4) is 0 Å². The number of methoxy groups -OCH3 is 1. The summed E-state index contributed by atoms with van der Waals surface area (Å²) in [6.07, 6.45) is 1.22. The highest BCUT2D eigenvalue weighted by Crippen LogP contribution is 2.46. The maximum atomic E-state index is 13.4. The van der Waals surface area contributed by atoms with E-state index in [2.05, 4.69) is 11.4 Å². The van der Waals surface area contributed by atoms with Gasteiger partial charge in [0.05, 0.1) is 12.7 Å². The summed E-state index contributed by atoms with van der Waals surface area (Å²) < 4.78 is 5.09. The van der Waals surface area contributed by atoms with E-state index in [0.717, 1.165) is 29.1 Å². The Bertz CT molecular complexity index is 1030. The summed E-state index contributed by atoms with van der Waals surface area (Å²) in [5.74, 6) is -0.547. The van der Waals surface area contributed by atoms with Gasteiger partial charge in [-0.3, -0.25) is 4.79 Å². The van der Waals surface area contributed by atoms with Crippen LogP contribution in [0.4, 0.5) is 5.69 Å². The predicted molar refractivity (Wildman–Crippen MR) is 120 cm³/mol. The van der Waals surface area contributed by atoms with Gasteiger partial charge in [0, 0.05) is 59.9 Å². The van der Waals surface area contributed by atoms with Crippen molar-refractivity contribution in [1.82, 2.24) is 5.32 Å². The van der Waals surface area contributed by atoms with Crippen LogP contribution in [0.2, 0.25) is 0 Å². The summed E-state index contributed by atoms with van der Waals surface area (Å²) in [6.45, 7) is 1.89. The third kappa shape index (κ3) is 3.56. The molecule has 5 nitrogen and oxygen atoms in total. The van der Waals surface area contributed by atoms with Gasteiger partial charge in [-0.25, -0.2) is 4.79 Å². The second-order valence-electron chi connectivity index (χ2n) is 8.01. The van der Waals surface area contributed by atoms with Gasteiger partial charge >= 0.3 is 5.97 Å². The number of hydrogen-bond donors (Lipinski definition) is 1. The van der Waals surface area contributed by atoms with Crippen molar-refractivity contribution < 1.29 is 14.3 Å². The molecule has 0 bridgehead atoms. The van der Waals surface area contributed by atoms with Crippen molar-refractivity contribution in [2.24, 2.45) is 0 Å². The van der Waals surface area contributed by atoms with Crippen molar-refractivity contribution >= 4 is 28.8 Å². The number of rotatable bonds is 4. The quantitative estimate of drug-likeness (QED) is 0.743. The van der Waals surface area contributed by atoms with Crippen LogP contribution in [-0.4, -0.2) is 33.0 Å². The molecule has 0 saturated heterocycles. The van der Waals surface area contributed by atoms with E-state index in [0.29, 0.717) is 17.6 Å². The molecule has 0 spiro atoms. The first-order chi connectivity index (χ1) is 14.4. The molecule has 30 heavy (non-hydrogen) atoms. The van der Waals surface area contributed by atoms with Crippen LogP contribution in [0.25, 0.3) is 0 Å². The standard InChI is InChI=1S/C24H26N2O3S/c1-14-21(24(28)29-4)22(15-7-9-17(10-8-15)26(2)3)23-18(25-14)12-16(13-19(23)27)20-6-5-11-30-20/h5-11,16,22,25H,12-13H2,1-4H3. The number of nitrogens with zero attached hydrogens (tertiary/aromatic N) is 1. The molecule has 1 aromatic heterocycles. The topological polar surface area (TPSA) is 58.6 Å². The van der Waals surface area contributed by atoms with Crippen LogP contribution in [0.1, 0.15) is 42.0 Å². The van der Waals surface area contributed by atoms with Crippen LogP contribution in [-0.2, 0) is 14.3 Å². The molecular formula is C24H26N2O3S. The number of dihydropyridines is 1. The fourth-order valence-electron chi connectivity index (χ4n) is 4.44. The number of Topliss-reactive ketones (excluding diaryl/α,β-unsaturated/α-hetero) is 1. The van der Waals surface area contributed by atoms with Crippen LogP contribution in [0.15, 0.2) is 64.3 Å². The van der Waals surface area contributed by atoms with E-state index in [1.54, 1.807) is 11.3 Å². The molecule has 4 rings (SSSR count). The zero-order valence-corrected chi connectivity index (χ0v) is 18.5. The first kappa shape index (κ1) is 20.4. The number of benzene rings is 1. The third-order valence-electron chi connectivity index (χ3n) is 5.92. The summed E-state index contributed by atoms with van der Waals surface area (Å²) in [6, 6.07) is 12.2. The minimum absolute atomic E-state index is 0.0951. The average Bonchev–Trinajstić information content (AvgIpc) is 3.27. The Labute approximate surface area is 181 Å². The number of hydrogen-bond acceptors (Lipinski definition) is 6. The molecule has 2 aliphatic rings. The summed E-state index contributed by atoms with van der Waals surface area (Å²) in [7, 11) is 5.35. The molecule has 1 aliphatic heterocycles. The molecule has 2 unspecified atom stereocenters. The Balaban J connectivity index is 1.80. The van der Waals surface area contributed by atoms with Gasteiger partial charge in [-0.1, -0.05) is 18.2 Å². The van der Waals surface area contributed by atoms with E-state index in [4.69, 9.17) is 4.74 Å². The van der Waals surface area contributed by atoms with E-state index >= 15 is 0 Å². The van der Waals surface area contributed by atoms with Crippen molar-refractivity contribution in [1.29, 1.82) is 0 Å². The molecule has 2 heterocycles. The fourth-order valence-corrected chi connectivity index (χ4v) is 5.27. The van der Waals surface area contributed by atoms with Crippen molar-refractivity contribution in [3.8, 4) is 0 Å². The van der Waals surface area contributed by atoms with E-state index < -0.39 is 11.9 Å². The molecule has 156 valence electrons. The van der Waals surface area contributed by atoms with E-state index in [1.807, 2.05) is 61.6 Å². The number of ketones is 1. The number of allylic oxidation sites excluding steroid dienone is 3. The molecule has 2 atom stereocenters. The summed E-state index contributed by atoms with van der Waals surface area (Å²) >= 11 is 1.69. The van der Waals surface area contributed by atoms with Gasteiger partial charge in [0.1, 0.15) is 0 Å². The van der Waals surface area contributed by atoms with Gasteiger partial charge in [-0.15, -0.1) is 11.3 Å². The highest BCUT2D eigenvalue weighted by Gasteiger charge is 2.41. The second kappa shape index (κ2) is 8.11. The Hall–Kier alpha value is -2.86. The molecule has 2 aromatic rings. The van der Waals surface area contributed by atoms with E-state index in [-0.39, 0.29) is 11.7 Å². The minimum atomic E-state index is -0.415. The average molecular weight is 423 g/mol. The van der Waals surface area contributed by atoms with E-state index in [1.165, 1.54) is 12.0 Å². The molecule has 1 aromatic carbocycles. The molecule has 1 aliphatic carbocycles. The van der Waals surface area contributed by atoms with Gasteiger partial charge in [0.2, 0.25) is 0 Å². The Morgan fingerprint density at radius 2 is 1.90 bits per heavy atom. The number of carbonyl (C=O) groups is 2. The number of thiophene rings is 1. The zero-order valence-electron chi connectivity index (χ0n) is 17.7. The number of nitrogens with one attached hydrogen (secondary N) is 1. The smallest absolute Gasteiger partial charge is 0.336 e. The molecule has 0 radical (unpaired) electrons. The lowest BCUT2D eigenvalue weighted by Gasteiger charge is -2.36. The van der Waals surface area contributed by atoms with Gasteiger partial charge in [-0.05, 0) is 42.5 Å². The monoisotopic (exact) mass is 422 g/mol. The van der Waals surface area contributed by atoms with Crippen molar-refractivity contribution in [3.05, 3.63) is 74.8 Å².